The van der Waals surface area contributed by atoms with E-state index in [0.29, 0.717) is 25.0 Å². The number of nitrogens with one attached hydrogen (secondary N) is 1. The number of hydrogen-bond acceptors (Lipinski definition) is 4. The molecule has 1 amide bonds. The summed E-state index contributed by atoms with van der Waals surface area (Å²) < 4.78 is 0. The molecule has 3 heterocycles. The molecule has 0 radical (unpaired) electrons. The van der Waals surface area contributed by atoms with Crippen LogP contribution in [0.2, 0.25) is 0 Å². The number of carbonyl (C=O) groups is 1. The highest BCUT2D eigenvalue weighted by Crippen LogP contribution is 2.24. The summed E-state index contributed by atoms with van der Waals surface area (Å²) in [6.07, 6.45) is 3.89. The maximum absolute atomic E-state index is 12.8. The Hall–Kier alpha value is -2.18. The summed E-state index contributed by atoms with van der Waals surface area (Å²) in [4.78, 5) is 32.0. The van der Waals surface area contributed by atoms with E-state index in [1.165, 1.54) is 0 Å². The van der Waals surface area contributed by atoms with Gasteiger partial charge >= 0.3 is 0 Å². The van der Waals surface area contributed by atoms with Gasteiger partial charge in [0.2, 0.25) is 5.91 Å². The van der Waals surface area contributed by atoms with Gasteiger partial charge in [0.1, 0.15) is 0 Å². The number of amides is 1. The summed E-state index contributed by atoms with van der Waals surface area (Å²) in [5, 5.41) is 11.2. The first-order chi connectivity index (χ1) is 12.7. The lowest BCUT2D eigenvalue weighted by Gasteiger charge is -2.36. The number of benzene rings is 1. The van der Waals surface area contributed by atoms with Crippen LogP contribution in [0.1, 0.15) is 30.5 Å². The van der Waals surface area contributed by atoms with Crippen LogP contribution in [-0.2, 0) is 17.8 Å². The number of aliphatic hydroxyl groups is 1. The number of rotatable bonds is 3. The summed E-state index contributed by atoms with van der Waals surface area (Å²) in [7, 11) is 0. The third-order valence-corrected chi connectivity index (χ3v) is 5.76. The van der Waals surface area contributed by atoms with Crippen LogP contribution < -0.4 is 5.56 Å². The minimum Gasteiger partial charge on any atom is -0.395 e. The summed E-state index contributed by atoms with van der Waals surface area (Å²) in [5.74, 6) is 0.0741. The van der Waals surface area contributed by atoms with Crippen LogP contribution in [0, 0.1) is 0 Å². The number of fused-ring (bicyclic) bond motifs is 3. The Bertz CT molecular complexity index is 876. The van der Waals surface area contributed by atoms with Crippen LogP contribution >= 0.6 is 0 Å². The molecule has 26 heavy (non-hydrogen) atoms. The molecule has 138 valence electrons. The molecule has 1 aromatic carbocycles. The zero-order valence-corrected chi connectivity index (χ0v) is 14.9. The van der Waals surface area contributed by atoms with Crippen molar-refractivity contribution >= 4 is 16.7 Å². The number of carbonyl (C=O) groups excluding carboxylic acids is 1. The van der Waals surface area contributed by atoms with Crippen LogP contribution in [0.4, 0.5) is 0 Å². The molecule has 6 nitrogen and oxygen atoms in total. The molecule has 1 saturated heterocycles. The van der Waals surface area contributed by atoms with E-state index in [-0.39, 0.29) is 24.1 Å². The van der Waals surface area contributed by atoms with Crippen molar-refractivity contribution in [3.63, 3.8) is 0 Å². The zero-order valence-electron chi connectivity index (χ0n) is 14.9. The van der Waals surface area contributed by atoms with Crippen molar-refractivity contribution in [1.29, 1.82) is 0 Å². The Morgan fingerprint density at radius 2 is 2.00 bits per heavy atom. The Morgan fingerprint density at radius 1 is 1.19 bits per heavy atom. The van der Waals surface area contributed by atoms with Gasteiger partial charge in [0.15, 0.2) is 0 Å². The molecule has 0 spiro atoms. The maximum atomic E-state index is 12.8. The molecule has 0 bridgehead atoms. The molecular formula is C20H25N3O3. The number of piperidine rings is 1. The van der Waals surface area contributed by atoms with E-state index in [1.54, 1.807) is 0 Å². The van der Waals surface area contributed by atoms with Crippen molar-refractivity contribution in [3.8, 4) is 0 Å². The average Bonchev–Trinajstić information content (AvgIpc) is 2.68. The van der Waals surface area contributed by atoms with E-state index in [2.05, 4.69) is 9.88 Å². The Labute approximate surface area is 152 Å². The number of aliphatic hydroxyl groups excluding tert-OH is 1. The van der Waals surface area contributed by atoms with Crippen molar-refractivity contribution in [3.05, 3.63) is 45.9 Å². The minimum atomic E-state index is -0.0926. The molecule has 1 fully saturated rings. The first kappa shape index (κ1) is 17.2. The van der Waals surface area contributed by atoms with Crippen molar-refractivity contribution in [2.75, 3.05) is 26.2 Å². The van der Waals surface area contributed by atoms with Gasteiger partial charge in [-0.25, -0.2) is 0 Å². The van der Waals surface area contributed by atoms with E-state index in [4.69, 9.17) is 0 Å². The SMILES string of the molecule is O=C(CN1CCCCC1CO)N1CCc2c([nH]c(=O)c3ccccc23)C1. The molecule has 1 aromatic heterocycles. The third-order valence-electron chi connectivity index (χ3n) is 5.76. The second-order valence-corrected chi connectivity index (χ2v) is 7.32. The van der Waals surface area contributed by atoms with Gasteiger partial charge in [-0.1, -0.05) is 24.6 Å². The minimum absolute atomic E-state index is 0.0741. The lowest BCUT2D eigenvalue weighted by atomic mass is 9.98. The van der Waals surface area contributed by atoms with Crippen LogP contribution in [-0.4, -0.2) is 58.1 Å². The standard InChI is InChI=1S/C20H25N3O3/c24-13-14-5-3-4-9-22(14)12-19(25)23-10-8-16-15-6-1-2-7-17(15)20(26)21-18(16)11-23/h1-2,6-7,14,24H,3-5,8-13H2,(H,21,26). The Balaban J connectivity index is 1.53. The monoisotopic (exact) mass is 355 g/mol. The molecule has 2 aliphatic heterocycles. The predicted octanol–water partition coefficient (Wildman–Crippen LogP) is 1.26. The molecule has 6 heteroatoms. The number of aromatic amines is 1. The number of aromatic nitrogens is 1. The number of nitrogens with zero attached hydrogens (tertiary/aromatic N) is 2. The van der Waals surface area contributed by atoms with Crippen LogP contribution in [0.15, 0.2) is 29.1 Å². The molecule has 2 N–H and O–H groups in total. The number of hydrogen-bond donors (Lipinski definition) is 2. The molecule has 0 aliphatic carbocycles. The average molecular weight is 355 g/mol. The molecular weight excluding hydrogens is 330 g/mol. The molecule has 0 saturated carbocycles. The Morgan fingerprint density at radius 3 is 2.81 bits per heavy atom. The van der Waals surface area contributed by atoms with Crippen molar-refractivity contribution in [2.24, 2.45) is 0 Å². The summed E-state index contributed by atoms with van der Waals surface area (Å²) in [5.41, 5.74) is 1.91. The number of pyridine rings is 1. The molecule has 2 aliphatic rings. The van der Waals surface area contributed by atoms with Gasteiger partial charge < -0.3 is 15.0 Å². The Kier molecular flexibility index (Phi) is 4.78. The second kappa shape index (κ2) is 7.21. The lowest BCUT2D eigenvalue weighted by Crippen LogP contribution is -2.49. The number of likely N-dealkylation sites (tertiary alicyclic amines) is 1. The fourth-order valence-corrected chi connectivity index (χ4v) is 4.29. The third kappa shape index (κ3) is 3.15. The number of H-pyrrole nitrogens is 1. The normalized spacial score (nSPS) is 21.0. The summed E-state index contributed by atoms with van der Waals surface area (Å²) in [6, 6.07) is 7.75. The predicted molar refractivity (Wildman–Crippen MR) is 100.0 cm³/mol. The molecule has 1 atom stereocenters. The topological polar surface area (TPSA) is 76.6 Å². The van der Waals surface area contributed by atoms with E-state index < -0.39 is 0 Å². The smallest absolute Gasteiger partial charge is 0.256 e. The van der Waals surface area contributed by atoms with Crippen LogP contribution in [0.5, 0.6) is 0 Å². The fourth-order valence-electron chi connectivity index (χ4n) is 4.29. The molecule has 4 rings (SSSR count). The highest BCUT2D eigenvalue weighted by Gasteiger charge is 2.28. The van der Waals surface area contributed by atoms with Crippen LogP contribution in [0.25, 0.3) is 10.8 Å². The van der Waals surface area contributed by atoms with Gasteiger partial charge in [-0.15, -0.1) is 0 Å². The maximum Gasteiger partial charge on any atom is 0.256 e. The summed E-state index contributed by atoms with van der Waals surface area (Å²) >= 11 is 0. The second-order valence-electron chi connectivity index (χ2n) is 7.32. The van der Waals surface area contributed by atoms with Gasteiger partial charge in [0.25, 0.3) is 5.56 Å². The van der Waals surface area contributed by atoms with Gasteiger partial charge in [0, 0.05) is 23.7 Å². The quantitative estimate of drug-likeness (QED) is 0.869. The fraction of sp³-hybridized carbons (Fsp3) is 0.500. The highest BCUT2D eigenvalue weighted by atomic mass is 16.3. The highest BCUT2D eigenvalue weighted by molar-refractivity contribution is 5.86. The van der Waals surface area contributed by atoms with Crippen LogP contribution in [0.3, 0.4) is 0 Å². The molecule has 1 unspecified atom stereocenters. The van der Waals surface area contributed by atoms with Gasteiger partial charge in [-0.05, 0) is 42.8 Å². The lowest BCUT2D eigenvalue weighted by molar-refractivity contribution is -0.134. The van der Waals surface area contributed by atoms with Gasteiger partial charge in [0.05, 0.1) is 19.7 Å². The largest absolute Gasteiger partial charge is 0.395 e. The summed E-state index contributed by atoms with van der Waals surface area (Å²) in [6.45, 7) is 2.43. The van der Waals surface area contributed by atoms with Gasteiger partial charge in [-0.3, -0.25) is 14.5 Å². The van der Waals surface area contributed by atoms with E-state index in [0.717, 1.165) is 48.9 Å². The van der Waals surface area contributed by atoms with Crippen molar-refractivity contribution in [2.45, 2.75) is 38.3 Å². The van der Waals surface area contributed by atoms with Gasteiger partial charge in [-0.2, -0.15) is 0 Å². The van der Waals surface area contributed by atoms with E-state index in [1.807, 2.05) is 29.2 Å². The molecule has 2 aromatic rings. The zero-order chi connectivity index (χ0) is 18.1. The van der Waals surface area contributed by atoms with Crippen molar-refractivity contribution in [1.82, 2.24) is 14.8 Å². The van der Waals surface area contributed by atoms with E-state index >= 15 is 0 Å². The first-order valence-corrected chi connectivity index (χ1v) is 9.43. The van der Waals surface area contributed by atoms with Crippen molar-refractivity contribution < 1.29 is 9.90 Å². The van der Waals surface area contributed by atoms with E-state index in [9.17, 15) is 14.7 Å². The first-order valence-electron chi connectivity index (χ1n) is 9.43.